The number of hydrogen-bond donors (Lipinski definition) is 2. The summed E-state index contributed by atoms with van der Waals surface area (Å²) in [6, 6.07) is 5.73. The summed E-state index contributed by atoms with van der Waals surface area (Å²) in [6.07, 6.45) is 2.07. The van der Waals surface area contributed by atoms with Gasteiger partial charge in [0, 0.05) is 24.7 Å². The normalized spacial score (nSPS) is 25.0. The van der Waals surface area contributed by atoms with Gasteiger partial charge in [0.1, 0.15) is 0 Å². The van der Waals surface area contributed by atoms with Crippen molar-refractivity contribution in [1.29, 1.82) is 0 Å². The summed E-state index contributed by atoms with van der Waals surface area (Å²) in [5.74, 6) is -0.0216. The van der Waals surface area contributed by atoms with Gasteiger partial charge in [-0.25, -0.2) is 0 Å². The van der Waals surface area contributed by atoms with Crippen LogP contribution in [-0.2, 0) is 11.3 Å². The van der Waals surface area contributed by atoms with Gasteiger partial charge in [0.2, 0.25) is 11.8 Å². The maximum Gasteiger partial charge on any atom is 0.248 e. The number of fused-ring (bicyclic) bond motifs is 1. The molecule has 1 aromatic carbocycles. The lowest BCUT2D eigenvalue weighted by Crippen LogP contribution is -2.41. The largest absolute Gasteiger partial charge is 0.366 e. The summed E-state index contributed by atoms with van der Waals surface area (Å²) >= 11 is 0. The number of carbonyl (C=O) groups excluding carboxylic acids is 2. The van der Waals surface area contributed by atoms with Crippen LogP contribution in [-0.4, -0.2) is 35.8 Å². The average molecular weight is 287 g/mol. The van der Waals surface area contributed by atoms with Crippen molar-refractivity contribution in [3.05, 3.63) is 34.9 Å². The fraction of sp³-hybridized carbons (Fsp3) is 0.500. The van der Waals surface area contributed by atoms with E-state index in [9.17, 15) is 9.59 Å². The lowest BCUT2D eigenvalue weighted by molar-refractivity contribution is -0.131. The van der Waals surface area contributed by atoms with E-state index in [1.54, 1.807) is 12.1 Å². The molecule has 2 aliphatic heterocycles. The summed E-state index contributed by atoms with van der Waals surface area (Å²) < 4.78 is 0. The highest BCUT2D eigenvalue weighted by molar-refractivity contribution is 5.93. The SMILES string of the molecule is Cc1cc(C(N)=O)ccc1CN1CC2NCCCC2C1=O. The Bertz CT molecular complexity index is 585. The molecule has 2 fully saturated rings. The minimum atomic E-state index is -0.419. The van der Waals surface area contributed by atoms with Crippen molar-refractivity contribution in [3.8, 4) is 0 Å². The number of nitrogens with one attached hydrogen (secondary N) is 1. The molecule has 21 heavy (non-hydrogen) atoms. The maximum atomic E-state index is 12.4. The third-order valence-electron chi connectivity index (χ3n) is 4.62. The third kappa shape index (κ3) is 2.65. The zero-order valence-electron chi connectivity index (χ0n) is 12.3. The second kappa shape index (κ2) is 5.48. The molecule has 0 saturated carbocycles. The molecule has 0 aromatic heterocycles. The van der Waals surface area contributed by atoms with Gasteiger partial charge in [-0.2, -0.15) is 0 Å². The van der Waals surface area contributed by atoms with Crippen LogP contribution in [0.25, 0.3) is 0 Å². The van der Waals surface area contributed by atoms with Crippen molar-refractivity contribution in [1.82, 2.24) is 10.2 Å². The number of nitrogens with zero attached hydrogens (tertiary/aromatic N) is 1. The second-order valence-electron chi connectivity index (χ2n) is 6.03. The molecule has 2 heterocycles. The minimum absolute atomic E-state index is 0.143. The van der Waals surface area contributed by atoms with E-state index in [0.29, 0.717) is 18.2 Å². The molecular formula is C16H21N3O2. The number of hydrogen-bond acceptors (Lipinski definition) is 3. The Hall–Kier alpha value is -1.88. The number of carbonyl (C=O) groups is 2. The van der Waals surface area contributed by atoms with Crippen LogP contribution in [0.2, 0.25) is 0 Å². The molecule has 0 radical (unpaired) electrons. The summed E-state index contributed by atoms with van der Waals surface area (Å²) in [5, 5.41) is 3.44. The highest BCUT2D eigenvalue weighted by Crippen LogP contribution is 2.28. The number of benzene rings is 1. The molecule has 2 saturated heterocycles. The fourth-order valence-corrected chi connectivity index (χ4v) is 3.38. The van der Waals surface area contributed by atoms with Crippen LogP contribution in [0.15, 0.2) is 18.2 Å². The Morgan fingerprint density at radius 3 is 2.95 bits per heavy atom. The first-order valence-electron chi connectivity index (χ1n) is 7.48. The van der Waals surface area contributed by atoms with Gasteiger partial charge in [0.15, 0.2) is 0 Å². The summed E-state index contributed by atoms with van der Waals surface area (Å²) in [6.45, 7) is 4.35. The van der Waals surface area contributed by atoms with E-state index in [0.717, 1.165) is 37.1 Å². The molecule has 112 valence electrons. The zero-order valence-corrected chi connectivity index (χ0v) is 12.3. The van der Waals surface area contributed by atoms with E-state index in [4.69, 9.17) is 5.73 Å². The summed E-state index contributed by atoms with van der Waals surface area (Å²) in [5.41, 5.74) is 7.88. The second-order valence-corrected chi connectivity index (χ2v) is 6.03. The minimum Gasteiger partial charge on any atom is -0.366 e. The van der Waals surface area contributed by atoms with Crippen LogP contribution in [0.3, 0.4) is 0 Å². The molecule has 0 spiro atoms. The van der Waals surface area contributed by atoms with Crippen LogP contribution < -0.4 is 11.1 Å². The molecule has 5 nitrogen and oxygen atoms in total. The molecule has 2 aliphatic rings. The molecule has 3 N–H and O–H groups in total. The standard InChI is InChI=1S/C16H21N3O2/c1-10-7-11(15(17)20)4-5-12(10)8-19-9-14-13(16(19)21)3-2-6-18-14/h4-5,7,13-14,18H,2-3,6,8-9H2,1H3,(H2,17,20). The smallest absolute Gasteiger partial charge is 0.248 e. The van der Waals surface area contributed by atoms with Crippen molar-refractivity contribution in [2.24, 2.45) is 11.7 Å². The van der Waals surface area contributed by atoms with E-state index in [1.165, 1.54) is 0 Å². The molecule has 0 bridgehead atoms. The number of amides is 2. The van der Waals surface area contributed by atoms with E-state index < -0.39 is 5.91 Å². The van der Waals surface area contributed by atoms with Crippen molar-refractivity contribution in [2.45, 2.75) is 32.4 Å². The molecule has 1 aromatic rings. The van der Waals surface area contributed by atoms with E-state index >= 15 is 0 Å². The number of aryl methyl sites for hydroxylation is 1. The predicted molar refractivity (Wildman–Crippen MR) is 79.6 cm³/mol. The van der Waals surface area contributed by atoms with Gasteiger partial charge in [-0.15, -0.1) is 0 Å². The molecule has 2 unspecified atom stereocenters. The van der Waals surface area contributed by atoms with Crippen LogP contribution >= 0.6 is 0 Å². The summed E-state index contributed by atoms with van der Waals surface area (Å²) in [4.78, 5) is 25.6. The van der Waals surface area contributed by atoms with Gasteiger partial charge in [-0.3, -0.25) is 9.59 Å². The topological polar surface area (TPSA) is 75.4 Å². The summed E-state index contributed by atoms with van der Waals surface area (Å²) in [7, 11) is 0. The molecule has 5 heteroatoms. The monoisotopic (exact) mass is 287 g/mol. The number of piperidine rings is 1. The first-order chi connectivity index (χ1) is 10.1. The molecule has 0 aliphatic carbocycles. The predicted octanol–water partition coefficient (Wildman–Crippen LogP) is 0.804. The van der Waals surface area contributed by atoms with E-state index in [1.807, 2.05) is 17.9 Å². The van der Waals surface area contributed by atoms with Crippen LogP contribution in [0, 0.1) is 12.8 Å². The Morgan fingerprint density at radius 2 is 2.29 bits per heavy atom. The highest BCUT2D eigenvalue weighted by atomic mass is 16.2. The molecule has 2 atom stereocenters. The first kappa shape index (κ1) is 14.1. The number of rotatable bonds is 3. The lowest BCUT2D eigenvalue weighted by atomic mass is 9.94. The van der Waals surface area contributed by atoms with Gasteiger partial charge in [0.25, 0.3) is 0 Å². The number of primary amides is 1. The Morgan fingerprint density at radius 1 is 1.48 bits per heavy atom. The first-order valence-corrected chi connectivity index (χ1v) is 7.48. The lowest BCUT2D eigenvalue weighted by Gasteiger charge is -2.23. The Labute approximate surface area is 124 Å². The van der Waals surface area contributed by atoms with Crippen molar-refractivity contribution in [2.75, 3.05) is 13.1 Å². The van der Waals surface area contributed by atoms with E-state index in [2.05, 4.69) is 5.32 Å². The van der Waals surface area contributed by atoms with Crippen molar-refractivity contribution in [3.63, 3.8) is 0 Å². The molecular weight excluding hydrogens is 266 g/mol. The third-order valence-corrected chi connectivity index (χ3v) is 4.62. The average Bonchev–Trinajstić information content (AvgIpc) is 2.78. The van der Waals surface area contributed by atoms with Crippen LogP contribution in [0.4, 0.5) is 0 Å². The number of likely N-dealkylation sites (tertiary alicyclic amines) is 1. The zero-order chi connectivity index (χ0) is 15.0. The van der Waals surface area contributed by atoms with Gasteiger partial charge < -0.3 is 16.0 Å². The van der Waals surface area contributed by atoms with Crippen molar-refractivity contribution >= 4 is 11.8 Å². The van der Waals surface area contributed by atoms with Crippen LogP contribution in [0.5, 0.6) is 0 Å². The van der Waals surface area contributed by atoms with Crippen LogP contribution in [0.1, 0.15) is 34.3 Å². The Kier molecular flexibility index (Phi) is 3.68. The van der Waals surface area contributed by atoms with Gasteiger partial charge in [-0.05, 0) is 49.6 Å². The highest BCUT2D eigenvalue weighted by Gasteiger charge is 2.41. The van der Waals surface area contributed by atoms with Crippen molar-refractivity contribution < 1.29 is 9.59 Å². The fourth-order valence-electron chi connectivity index (χ4n) is 3.38. The maximum absolute atomic E-state index is 12.4. The number of nitrogens with two attached hydrogens (primary N) is 1. The Balaban J connectivity index is 1.75. The van der Waals surface area contributed by atoms with Gasteiger partial charge in [-0.1, -0.05) is 6.07 Å². The molecule has 2 amide bonds. The van der Waals surface area contributed by atoms with E-state index in [-0.39, 0.29) is 11.8 Å². The quantitative estimate of drug-likeness (QED) is 0.863. The molecule has 3 rings (SSSR count). The van der Waals surface area contributed by atoms with Gasteiger partial charge in [0.05, 0.1) is 5.92 Å². The van der Waals surface area contributed by atoms with Gasteiger partial charge >= 0.3 is 0 Å².